The molecule has 24 heavy (non-hydrogen) atoms. The van der Waals surface area contributed by atoms with Crippen molar-refractivity contribution in [2.45, 2.75) is 25.4 Å². The van der Waals surface area contributed by atoms with Crippen molar-refractivity contribution < 1.29 is 0 Å². The maximum absolute atomic E-state index is 4.67. The zero-order valence-corrected chi connectivity index (χ0v) is 13.3. The summed E-state index contributed by atoms with van der Waals surface area (Å²) in [5, 5.41) is 11.6. The van der Waals surface area contributed by atoms with Crippen LogP contribution in [0.1, 0.15) is 18.4 Å². The van der Waals surface area contributed by atoms with Crippen molar-refractivity contribution >= 4 is 17.5 Å². The van der Waals surface area contributed by atoms with Gasteiger partial charge in [0.1, 0.15) is 0 Å². The molecule has 0 atom stereocenters. The van der Waals surface area contributed by atoms with Gasteiger partial charge in [0.25, 0.3) is 0 Å². The van der Waals surface area contributed by atoms with Crippen LogP contribution in [0.25, 0.3) is 0 Å². The van der Waals surface area contributed by atoms with Crippen LogP contribution in [0.4, 0.5) is 17.5 Å². The van der Waals surface area contributed by atoms with E-state index in [-0.39, 0.29) is 0 Å². The fourth-order valence-electron chi connectivity index (χ4n) is 2.57. The lowest BCUT2D eigenvalue weighted by atomic mass is 10.2. The van der Waals surface area contributed by atoms with Gasteiger partial charge in [0.15, 0.2) is 5.82 Å². The van der Waals surface area contributed by atoms with E-state index < -0.39 is 0 Å². The predicted octanol–water partition coefficient (Wildman–Crippen LogP) is 3.78. The van der Waals surface area contributed by atoms with Crippen molar-refractivity contribution in [2.75, 3.05) is 10.2 Å². The zero-order valence-electron chi connectivity index (χ0n) is 13.3. The van der Waals surface area contributed by atoms with Gasteiger partial charge < -0.3 is 10.2 Å². The summed E-state index contributed by atoms with van der Waals surface area (Å²) >= 11 is 0. The number of benzene rings is 2. The van der Waals surface area contributed by atoms with Gasteiger partial charge in [0.2, 0.25) is 5.95 Å². The first-order chi connectivity index (χ1) is 11.9. The lowest BCUT2D eigenvalue weighted by Gasteiger charge is -2.24. The normalized spacial score (nSPS) is 13.5. The standard InChI is InChI=1S/C19H19N5/c1-3-7-15(8-4-1)14-24(17-9-5-2-6-10-17)18-13-20-23-19(22-18)21-16-11-12-16/h1-10,13,16H,11-12,14H2,(H,21,22,23). The van der Waals surface area contributed by atoms with E-state index >= 15 is 0 Å². The molecule has 0 amide bonds. The fourth-order valence-corrected chi connectivity index (χ4v) is 2.57. The monoisotopic (exact) mass is 317 g/mol. The average Bonchev–Trinajstić information content (AvgIpc) is 3.45. The number of rotatable bonds is 6. The van der Waals surface area contributed by atoms with E-state index in [1.54, 1.807) is 6.20 Å². The minimum atomic E-state index is 0.501. The minimum Gasteiger partial charge on any atom is -0.350 e. The molecule has 4 rings (SSSR count). The molecule has 0 unspecified atom stereocenters. The van der Waals surface area contributed by atoms with Crippen LogP contribution >= 0.6 is 0 Å². The molecule has 1 aliphatic carbocycles. The van der Waals surface area contributed by atoms with Gasteiger partial charge in [-0.25, -0.2) is 0 Å². The van der Waals surface area contributed by atoms with Gasteiger partial charge in [0, 0.05) is 18.3 Å². The highest BCUT2D eigenvalue weighted by Crippen LogP contribution is 2.27. The molecule has 1 aliphatic rings. The molecule has 5 nitrogen and oxygen atoms in total. The van der Waals surface area contributed by atoms with E-state index in [0.717, 1.165) is 18.1 Å². The van der Waals surface area contributed by atoms with Crippen LogP contribution in [-0.2, 0) is 6.54 Å². The van der Waals surface area contributed by atoms with Crippen LogP contribution in [0.2, 0.25) is 0 Å². The van der Waals surface area contributed by atoms with Gasteiger partial charge in [-0.2, -0.15) is 10.1 Å². The summed E-state index contributed by atoms with van der Waals surface area (Å²) in [5.41, 5.74) is 2.30. The highest BCUT2D eigenvalue weighted by molar-refractivity contribution is 5.60. The summed E-state index contributed by atoms with van der Waals surface area (Å²) in [5.74, 6) is 1.40. The number of hydrogen-bond acceptors (Lipinski definition) is 5. The van der Waals surface area contributed by atoms with E-state index in [1.807, 2.05) is 24.3 Å². The molecule has 0 radical (unpaired) electrons. The first-order valence-corrected chi connectivity index (χ1v) is 8.21. The first-order valence-electron chi connectivity index (χ1n) is 8.21. The van der Waals surface area contributed by atoms with Gasteiger partial charge in [-0.3, -0.25) is 0 Å². The summed E-state index contributed by atoms with van der Waals surface area (Å²) < 4.78 is 0. The molecule has 1 aromatic heterocycles. The summed E-state index contributed by atoms with van der Waals surface area (Å²) in [7, 11) is 0. The Hall–Kier alpha value is -2.95. The maximum Gasteiger partial charge on any atom is 0.244 e. The molecule has 3 aromatic rings. The third-order valence-electron chi connectivity index (χ3n) is 3.98. The third kappa shape index (κ3) is 3.51. The van der Waals surface area contributed by atoms with Gasteiger partial charge in [0.05, 0.1) is 6.20 Å². The summed E-state index contributed by atoms with van der Waals surface area (Å²) in [6.07, 6.45) is 4.08. The second kappa shape index (κ2) is 6.66. The fraction of sp³-hybridized carbons (Fsp3) is 0.211. The molecule has 0 spiro atoms. The largest absolute Gasteiger partial charge is 0.350 e. The quantitative estimate of drug-likeness (QED) is 0.750. The number of hydrogen-bond donors (Lipinski definition) is 1. The molecule has 1 fully saturated rings. The number of anilines is 3. The van der Waals surface area contributed by atoms with Crippen LogP contribution in [0.5, 0.6) is 0 Å². The first kappa shape index (κ1) is 14.6. The summed E-state index contributed by atoms with van der Waals surface area (Å²) in [6.45, 7) is 0.729. The van der Waals surface area contributed by atoms with E-state index in [2.05, 4.69) is 61.8 Å². The van der Waals surface area contributed by atoms with Crippen LogP contribution in [0.3, 0.4) is 0 Å². The molecule has 0 aliphatic heterocycles. The third-order valence-corrected chi connectivity index (χ3v) is 3.98. The molecule has 1 heterocycles. The van der Waals surface area contributed by atoms with Gasteiger partial charge in [-0.05, 0) is 30.5 Å². The summed E-state index contributed by atoms with van der Waals surface area (Å²) in [4.78, 5) is 6.82. The van der Waals surface area contributed by atoms with Gasteiger partial charge in [-0.1, -0.05) is 48.5 Å². The second-order valence-electron chi connectivity index (χ2n) is 5.96. The van der Waals surface area contributed by atoms with E-state index in [4.69, 9.17) is 0 Å². The second-order valence-corrected chi connectivity index (χ2v) is 5.96. The molecule has 5 heteroatoms. The molecule has 0 bridgehead atoms. The number of nitrogens with zero attached hydrogens (tertiary/aromatic N) is 4. The molecule has 0 saturated heterocycles. The van der Waals surface area contributed by atoms with Gasteiger partial charge in [-0.15, -0.1) is 5.10 Å². The lowest BCUT2D eigenvalue weighted by molar-refractivity contribution is 0.888. The SMILES string of the molecule is c1ccc(CN(c2ccccc2)c2cnnc(NC3CC3)n2)cc1. The Labute approximate surface area is 141 Å². The smallest absolute Gasteiger partial charge is 0.244 e. The van der Waals surface area contributed by atoms with E-state index in [9.17, 15) is 0 Å². The van der Waals surface area contributed by atoms with E-state index in [0.29, 0.717) is 12.0 Å². The molecular formula is C19H19N5. The zero-order chi connectivity index (χ0) is 16.2. The minimum absolute atomic E-state index is 0.501. The Morgan fingerprint density at radius 1 is 0.958 bits per heavy atom. The number of para-hydroxylation sites is 1. The number of nitrogens with one attached hydrogen (secondary N) is 1. The average molecular weight is 317 g/mol. The topological polar surface area (TPSA) is 53.9 Å². The highest BCUT2D eigenvalue weighted by atomic mass is 15.3. The Balaban J connectivity index is 1.66. The van der Waals surface area contributed by atoms with Crippen molar-refractivity contribution in [3.8, 4) is 0 Å². The molecular weight excluding hydrogens is 298 g/mol. The Bertz CT molecular complexity index is 787. The Kier molecular flexibility index (Phi) is 4.06. The maximum atomic E-state index is 4.67. The Morgan fingerprint density at radius 3 is 2.38 bits per heavy atom. The summed E-state index contributed by atoms with van der Waals surface area (Å²) in [6, 6.07) is 21.1. The molecule has 120 valence electrons. The van der Waals surface area contributed by atoms with E-state index in [1.165, 1.54) is 18.4 Å². The van der Waals surface area contributed by atoms with Crippen molar-refractivity contribution in [1.29, 1.82) is 0 Å². The van der Waals surface area contributed by atoms with Crippen molar-refractivity contribution in [3.63, 3.8) is 0 Å². The lowest BCUT2D eigenvalue weighted by Crippen LogP contribution is -2.19. The molecule has 2 aromatic carbocycles. The van der Waals surface area contributed by atoms with Gasteiger partial charge >= 0.3 is 0 Å². The molecule has 1 saturated carbocycles. The highest BCUT2D eigenvalue weighted by Gasteiger charge is 2.22. The van der Waals surface area contributed by atoms with Crippen LogP contribution in [0, 0.1) is 0 Å². The van der Waals surface area contributed by atoms with Crippen LogP contribution in [-0.4, -0.2) is 21.2 Å². The molecule has 1 N–H and O–H groups in total. The number of aromatic nitrogens is 3. The van der Waals surface area contributed by atoms with Crippen molar-refractivity contribution in [2.24, 2.45) is 0 Å². The van der Waals surface area contributed by atoms with Crippen molar-refractivity contribution in [1.82, 2.24) is 15.2 Å². The van der Waals surface area contributed by atoms with Crippen molar-refractivity contribution in [3.05, 3.63) is 72.4 Å². The Morgan fingerprint density at radius 2 is 1.67 bits per heavy atom. The van der Waals surface area contributed by atoms with Crippen LogP contribution in [0.15, 0.2) is 66.9 Å². The van der Waals surface area contributed by atoms with Crippen LogP contribution < -0.4 is 10.2 Å². The predicted molar refractivity (Wildman–Crippen MR) is 95.2 cm³/mol.